The monoisotopic (exact) mass is 288 g/mol. The molecule has 1 aliphatic heterocycles. The molecule has 0 saturated heterocycles. The number of nitrogens with zero attached hydrogens (tertiary/aromatic N) is 3. The summed E-state index contributed by atoms with van der Waals surface area (Å²) in [6.07, 6.45) is 3.60. The van der Waals surface area contributed by atoms with Gasteiger partial charge in [0.05, 0.1) is 11.8 Å². The summed E-state index contributed by atoms with van der Waals surface area (Å²) in [6, 6.07) is 3.24. The van der Waals surface area contributed by atoms with Gasteiger partial charge in [0.2, 0.25) is 6.79 Å². The highest BCUT2D eigenvalue weighted by atomic mass is 16.7. The van der Waals surface area contributed by atoms with Crippen molar-refractivity contribution in [2.24, 2.45) is 7.05 Å². The van der Waals surface area contributed by atoms with Crippen LogP contribution in [0.5, 0.6) is 11.5 Å². The molecular formula is C14H16N4O3. The van der Waals surface area contributed by atoms with Crippen LogP contribution in [-0.2, 0) is 13.6 Å². The lowest BCUT2D eigenvalue weighted by Gasteiger charge is -2.17. The van der Waals surface area contributed by atoms with Crippen molar-refractivity contribution in [1.29, 1.82) is 0 Å². The van der Waals surface area contributed by atoms with Gasteiger partial charge in [0.1, 0.15) is 0 Å². The van der Waals surface area contributed by atoms with Gasteiger partial charge in [0.25, 0.3) is 5.91 Å². The van der Waals surface area contributed by atoms with Crippen molar-refractivity contribution in [2.75, 3.05) is 19.6 Å². The van der Waals surface area contributed by atoms with Gasteiger partial charge >= 0.3 is 0 Å². The van der Waals surface area contributed by atoms with Gasteiger partial charge in [-0.05, 0) is 6.07 Å². The van der Waals surface area contributed by atoms with Crippen LogP contribution < -0.4 is 15.2 Å². The highest BCUT2D eigenvalue weighted by Gasteiger charge is 2.22. The minimum Gasteiger partial charge on any atom is -0.454 e. The fourth-order valence-corrected chi connectivity index (χ4v) is 2.25. The number of carbonyl (C=O) groups excluding carboxylic acids is 1. The number of hydrogen-bond donors (Lipinski definition) is 1. The van der Waals surface area contributed by atoms with E-state index in [0.29, 0.717) is 29.3 Å². The lowest BCUT2D eigenvalue weighted by atomic mass is 10.1. The molecule has 0 aliphatic carbocycles. The topological polar surface area (TPSA) is 82.6 Å². The van der Waals surface area contributed by atoms with Crippen LogP contribution in [0.1, 0.15) is 15.9 Å². The van der Waals surface area contributed by atoms with Crippen LogP contribution in [0.15, 0.2) is 24.5 Å². The van der Waals surface area contributed by atoms with Gasteiger partial charge in [-0.1, -0.05) is 0 Å². The minimum absolute atomic E-state index is 0.151. The van der Waals surface area contributed by atoms with E-state index in [9.17, 15) is 4.79 Å². The number of carbonyl (C=O) groups is 1. The van der Waals surface area contributed by atoms with Crippen LogP contribution in [0.3, 0.4) is 0 Å². The molecule has 7 nitrogen and oxygen atoms in total. The van der Waals surface area contributed by atoms with Crippen LogP contribution in [0, 0.1) is 0 Å². The maximum absolute atomic E-state index is 12.5. The maximum atomic E-state index is 12.5. The summed E-state index contributed by atoms with van der Waals surface area (Å²) in [5, 5.41) is 4.08. The number of fused-ring (bicyclic) bond motifs is 1. The fraction of sp³-hybridized carbons (Fsp3) is 0.286. The van der Waals surface area contributed by atoms with E-state index in [2.05, 4.69) is 5.10 Å². The highest BCUT2D eigenvalue weighted by molar-refractivity contribution is 6.00. The number of ether oxygens (including phenoxy) is 2. The minimum atomic E-state index is -0.172. The second-order valence-electron chi connectivity index (χ2n) is 4.98. The molecular weight excluding hydrogens is 272 g/mol. The van der Waals surface area contributed by atoms with Crippen molar-refractivity contribution in [3.63, 3.8) is 0 Å². The van der Waals surface area contributed by atoms with Crippen LogP contribution in [0.2, 0.25) is 0 Å². The number of rotatable bonds is 3. The summed E-state index contributed by atoms with van der Waals surface area (Å²) in [6.45, 7) is 0.610. The van der Waals surface area contributed by atoms with Crippen LogP contribution in [0.25, 0.3) is 0 Å². The smallest absolute Gasteiger partial charge is 0.256 e. The molecule has 0 fully saturated rings. The van der Waals surface area contributed by atoms with Gasteiger partial charge in [-0.2, -0.15) is 5.10 Å². The van der Waals surface area contributed by atoms with Gasteiger partial charge in [0.15, 0.2) is 11.5 Å². The van der Waals surface area contributed by atoms with Crippen LogP contribution in [0.4, 0.5) is 5.69 Å². The molecule has 21 heavy (non-hydrogen) atoms. The molecule has 2 N–H and O–H groups in total. The average molecular weight is 288 g/mol. The molecule has 7 heteroatoms. The highest BCUT2D eigenvalue weighted by Crippen LogP contribution is 2.36. The molecule has 0 bridgehead atoms. The van der Waals surface area contributed by atoms with Crippen molar-refractivity contribution >= 4 is 11.6 Å². The Morgan fingerprint density at radius 2 is 2.14 bits per heavy atom. The lowest BCUT2D eigenvalue weighted by molar-refractivity contribution is 0.0785. The Hall–Kier alpha value is -2.70. The molecule has 0 unspecified atom stereocenters. The first-order valence-corrected chi connectivity index (χ1v) is 6.46. The fourth-order valence-electron chi connectivity index (χ4n) is 2.25. The maximum Gasteiger partial charge on any atom is 0.256 e. The number of aryl methyl sites for hydroxylation is 1. The number of amides is 1. The van der Waals surface area contributed by atoms with Crippen molar-refractivity contribution in [2.45, 2.75) is 6.54 Å². The number of hydrogen-bond acceptors (Lipinski definition) is 5. The molecule has 0 saturated carbocycles. The summed E-state index contributed by atoms with van der Waals surface area (Å²) in [5.41, 5.74) is 7.67. The molecule has 1 aromatic heterocycles. The van der Waals surface area contributed by atoms with E-state index >= 15 is 0 Å². The zero-order valence-electron chi connectivity index (χ0n) is 11.9. The van der Waals surface area contributed by atoms with Crippen molar-refractivity contribution in [3.05, 3.63) is 35.7 Å². The zero-order valence-corrected chi connectivity index (χ0v) is 11.9. The normalized spacial score (nSPS) is 12.5. The van der Waals surface area contributed by atoms with Gasteiger partial charge in [0, 0.05) is 44.2 Å². The number of benzene rings is 1. The first-order valence-electron chi connectivity index (χ1n) is 6.46. The SMILES string of the molecule is CN(Cc1cnn(C)c1)C(=O)c1cc2c(cc1N)OCO2. The van der Waals surface area contributed by atoms with E-state index in [1.54, 1.807) is 35.0 Å². The van der Waals surface area contributed by atoms with E-state index in [-0.39, 0.29) is 12.7 Å². The van der Waals surface area contributed by atoms with Crippen molar-refractivity contribution in [1.82, 2.24) is 14.7 Å². The van der Waals surface area contributed by atoms with E-state index in [1.807, 2.05) is 13.2 Å². The van der Waals surface area contributed by atoms with Gasteiger partial charge in [-0.15, -0.1) is 0 Å². The third-order valence-corrected chi connectivity index (χ3v) is 3.30. The quantitative estimate of drug-likeness (QED) is 0.852. The summed E-state index contributed by atoms with van der Waals surface area (Å²) < 4.78 is 12.2. The van der Waals surface area contributed by atoms with E-state index in [1.165, 1.54) is 0 Å². The Morgan fingerprint density at radius 1 is 1.43 bits per heavy atom. The summed E-state index contributed by atoms with van der Waals surface area (Å²) in [4.78, 5) is 14.1. The summed E-state index contributed by atoms with van der Waals surface area (Å²) >= 11 is 0. The third kappa shape index (κ3) is 2.49. The molecule has 1 aliphatic rings. The number of nitrogens with two attached hydrogens (primary N) is 1. The van der Waals surface area contributed by atoms with Gasteiger partial charge in [-0.25, -0.2) is 0 Å². The molecule has 0 spiro atoms. The molecule has 2 heterocycles. The Morgan fingerprint density at radius 3 is 2.81 bits per heavy atom. The number of anilines is 1. The van der Waals surface area contributed by atoms with Crippen molar-refractivity contribution < 1.29 is 14.3 Å². The molecule has 110 valence electrons. The van der Waals surface area contributed by atoms with E-state index < -0.39 is 0 Å². The molecule has 1 aromatic carbocycles. The Labute approximate surface area is 121 Å². The largest absolute Gasteiger partial charge is 0.454 e. The first kappa shape index (κ1) is 13.3. The van der Waals surface area contributed by atoms with Crippen LogP contribution >= 0.6 is 0 Å². The Balaban J connectivity index is 1.81. The van der Waals surface area contributed by atoms with E-state index in [4.69, 9.17) is 15.2 Å². The third-order valence-electron chi connectivity index (χ3n) is 3.30. The van der Waals surface area contributed by atoms with Gasteiger partial charge < -0.3 is 20.1 Å². The standard InChI is InChI=1S/C14H16N4O3/c1-17(6-9-5-16-18(2)7-9)14(19)10-3-12-13(4-11(10)15)21-8-20-12/h3-5,7H,6,8,15H2,1-2H3. The number of aromatic nitrogens is 2. The predicted molar refractivity (Wildman–Crippen MR) is 76.0 cm³/mol. The summed E-state index contributed by atoms with van der Waals surface area (Å²) in [5.74, 6) is 0.941. The Kier molecular flexibility index (Phi) is 3.17. The predicted octanol–water partition coefficient (Wildman–Crippen LogP) is 1.00. The van der Waals surface area contributed by atoms with Crippen LogP contribution in [-0.4, -0.2) is 34.4 Å². The molecule has 0 radical (unpaired) electrons. The number of nitrogen functional groups attached to an aromatic ring is 1. The first-order chi connectivity index (χ1) is 10.0. The zero-order chi connectivity index (χ0) is 15.0. The van der Waals surface area contributed by atoms with E-state index in [0.717, 1.165) is 5.56 Å². The molecule has 0 atom stereocenters. The average Bonchev–Trinajstić information content (AvgIpc) is 3.05. The second-order valence-corrected chi connectivity index (χ2v) is 4.98. The molecule has 1 amide bonds. The van der Waals surface area contributed by atoms with Crippen molar-refractivity contribution in [3.8, 4) is 11.5 Å². The lowest BCUT2D eigenvalue weighted by Crippen LogP contribution is -2.26. The summed E-state index contributed by atoms with van der Waals surface area (Å²) in [7, 11) is 3.56. The second kappa shape index (κ2) is 5.01. The Bertz CT molecular complexity index is 696. The molecule has 3 rings (SSSR count). The van der Waals surface area contributed by atoms with Gasteiger partial charge in [-0.3, -0.25) is 9.48 Å². The molecule has 2 aromatic rings.